The lowest BCUT2D eigenvalue weighted by Crippen LogP contribution is -2.08. The van der Waals surface area contributed by atoms with Crippen LogP contribution in [-0.2, 0) is 26.2 Å². The van der Waals surface area contributed by atoms with Crippen molar-refractivity contribution in [1.82, 2.24) is 0 Å². The fourth-order valence-corrected chi connectivity index (χ4v) is 2.24. The molecule has 0 saturated heterocycles. The largest absolute Gasteiger partial charge is 0.469 e. The Morgan fingerprint density at radius 1 is 1.50 bits per heavy atom. The monoisotopic (exact) mass is 310 g/mol. The van der Waals surface area contributed by atoms with Gasteiger partial charge < -0.3 is 4.74 Å². The zero-order valence-corrected chi connectivity index (χ0v) is 10.6. The van der Waals surface area contributed by atoms with Gasteiger partial charge in [0.2, 0.25) is 0 Å². The predicted molar refractivity (Wildman–Crippen MR) is 58.2 cm³/mol. The van der Waals surface area contributed by atoms with Gasteiger partial charge in [0.25, 0.3) is 0 Å². The van der Waals surface area contributed by atoms with Crippen LogP contribution in [0.2, 0.25) is 0 Å². The van der Waals surface area contributed by atoms with Crippen molar-refractivity contribution in [1.29, 1.82) is 0 Å². The summed E-state index contributed by atoms with van der Waals surface area (Å²) in [6, 6.07) is 3.84. The molecule has 1 rings (SSSR count). The summed E-state index contributed by atoms with van der Waals surface area (Å²) < 4.78 is 39.4. The van der Waals surface area contributed by atoms with E-state index >= 15 is 0 Å². The van der Waals surface area contributed by atoms with Crippen LogP contribution in [0.1, 0.15) is 5.56 Å². The van der Waals surface area contributed by atoms with E-state index < -0.39 is 21.1 Å². The second-order valence-corrected chi connectivity index (χ2v) is 5.17. The third-order valence-electron chi connectivity index (χ3n) is 1.85. The highest BCUT2D eigenvalue weighted by Gasteiger charge is 2.19. The second kappa shape index (κ2) is 4.92. The number of hydrogen-bond donors (Lipinski definition) is 0. The lowest BCUT2D eigenvalue weighted by molar-refractivity contribution is -0.139. The Morgan fingerprint density at radius 3 is 2.62 bits per heavy atom. The number of hydrogen-bond acceptors (Lipinski definition) is 4. The highest BCUT2D eigenvalue weighted by atomic mass is 79.9. The first-order chi connectivity index (χ1) is 7.34. The first kappa shape index (κ1) is 13.1. The lowest BCUT2D eigenvalue weighted by atomic mass is 10.1. The minimum atomic E-state index is -4.83. The molecule has 4 nitrogen and oxygen atoms in total. The van der Waals surface area contributed by atoms with Gasteiger partial charge >= 0.3 is 16.2 Å². The quantitative estimate of drug-likeness (QED) is 0.631. The van der Waals surface area contributed by atoms with Crippen LogP contribution in [0.5, 0.6) is 0 Å². The van der Waals surface area contributed by atoms with Crippen LogP contribution in [0.4, 0.5) is 3.89 Å². The van der Waals surface area contributed by atoms with Crippen LogP contribution in [0, 0.1) is 0 Å². The summed E-state index contributed by atoms with van der Waals surface area (Å²) in [6.07, 6.45) is -0.297. The van der Waals surface area contributed by atoms with E-state index in [0.29, 0.717) is 4.47 Å². The first-order valence-electron chi connectivity index (χ1n) is 4.14. The van der Waals surface area contributed by atoms with Gasteiger partial charge in [-0.2, -0.15) is 8.42 Å². The minimum Gasteiger partial charge on any atom is -0.469 e. The number of rotatable bonds is 3. The Balaban J connectivity index is 3.24. The maximum atomic E-state index is 12.9. The van der Waals surface area contributed by atoms with Gasteiger partial charge in [-0.3, -0.25) is 4.79 Å². The lowest BCUT2D eigenvalue weighted by Gasteiger charge is -2.05. The molecular formula is C9H8BrFO4S. The Labute approximate surface area is 101 Å². The molecule has 0 atom stereocenters. The number of carbonyl (C=O) groups excluding carboxylic acids is 1. The number of ether oxygens (including phenoxy) is 1. The van der Waals surface area contributed by atoms with Gasteiger partial charge in [0.05, 0.1) is 13.5 Å². The second-order valence-electron chi connectivity index (χ2n) is 2.94. The Hall–Kier alpha value is -0.950. The molecule has 0 N–H and O–H groups in total. The summed E-state index contributed by atoms with van der Waals surface area (Å²) in [5.41, 5.74) is 0.0590. The standard InChI is InChI=1S/C9H8BrFO4S/c1-15-9(12)5-6-4-7(10)2-3-8(6)16(11,13)14/h2-4H,5H2,1H3. The average Bonchev–Trinajstić information content (AvgIpc) is 2.15. The Bertz CT molecular complexity index is 512. The molecule has 0 aliphatic rings. The third kappa shape index (κ3) is 3.28. The molecule has 0 amide bonds. The van der Waals surface area contributed by atoms with E-state index in [1.807, 2.05) is 0 Å². The number of halogens is 2. The van der Waals surface area contributed by atoms with Crippen molar-refractivity contribution in [2.75, 3.05) is 7.11 Å². The summed E-state index contributed by atoms with van der Waals surface area (Å²) in [5.74, 6) is -0.636. The van der Waals surface area contributed by atoms with Crippen molar-refractivity contribution in [3.63, 3.8) is 0 Å². The summed E-state index contributed by atoms with van der Waals surface area (Å²) in [5, 5.41) is 0. The molecule has 0 unspecified atom stereocenters. The van der Waals surface area contributed by atoms with Crippen molar-refractivity contribution in [2.45, 2.75) is 11.3 Å². The molecule has 0 aliphatic carbocycles. The molecule has 0 radical (unpaired) electrons. The topological polar surface area (TPSA) is 60.4 Å². The van der Waals surface area contributed by atoms with Crippen molar-refractivity contribution in [2.24, 2.45) is 0 Å². The van der Waals surface area contributed by atoms with Crippen LogP contribution < -0.4 is 0 Å². The molecule has 1 aromatic carbocycles. The fraction of sp³-hybridized carbons (Fsp3) is 0.222. The molecule has 0 aliphatic heterocycles. The Morgan fingerprint density at radius 2 is 2.12 bits per heavy atom. The van der Waals surface area contributed by atoms with Gasteiger partial charge in [0, 0.05) is 4.47 Å². The van der Waals surface area contributed by atoms with Crippen LogP contribution in [-0.4, -0.2) is 21.5 Å². The molecule has 1 aromatic rings. The van der Waals surface area contributed by atoms with Gasteiger partial charge in [0.15, 0.2) is 0 Å². The smallest absolute Gasteiger partial charge is 0.332 e. The number of carbonyl (C=O) groups is 1. The molecule has 0 aromatic heterocycles. The van der Waals surface area contributed by atoms with E-state index in [0.717, 1.165) is 6.07 Å². The molecule has 0 saturated carbocycles. The Kier molecular flexibility index (Phi) is 4.03. The molecule has 0 spiro atoms. The highest BCUT2D eigenvalue weighted by Crippen LogP contribution is 2.23. The number of esters is 1. The molecule has 0 fully saturated rings. The molecule has 7 heteroatoms. The van der Waals surface area contributed by atoms with E-state index in [2.05, 4.69) is 20.7 Å². The molecule has 88 valence electrons. The number of benzene rings is 1. The van der Waals surface area contributed by atoms with Crippen molar-refractivity contribution < 1.29 is 21.8 Å². The molecular weight excluding hydrogens is 303 g/mol. The van der Waals surface area contributed by atoms with Gasteiger partial charge in [-0.1, -0.05) is 15.9 Å². The molecule has 16 heavy (non-hydrogen) atoms. The summed E-state index contributed by atoms with van der Waals surface area (Å²) in [7, 11) is -3.66. The normalized spacial score (nSPS) is 11.2. The van der Waals surface area contributed by atoms with Gasteiger partial charge in [0.1, 0.15) is 4.90 Å². The zero-order valence-electron chi connectivity index (χ0n) is 8.24. The van der Waals surface area contributed by atoms with Crippen LogP contribution in [0.25, 0.3) is 0 Å². The zero-order chi connectivity index (χ0) is 12.3. The van der Waals surface area contributed by atoms with Gasteiger partial charge in [-0.15, -0.1) is 3.89 Å². The maximum Gasteiger partial charge on any atom is 0.332 e. The van der Waals surface area contributed by atoms with Crippen molar-refractivity contribution in [3.05, 3.63) is 28.2 Å². The maximum absolute atomic E-state index is 12.9. The predicted octanol–water partition coefficient (Wildman–Crippen LogP) is 1.82. The first-order valence-corrected chi connectivity index (χ1v) is 6.32. The van der Waals surface area contributed by atoms with E-state index in [4.69, 9.17) is 0 Å². The van der Waals surface area contributed by atoms with Crippen LogP contribution in [0.3, 0.4) is 0 Å². The minimum absolute atomic E-state index is 0.0590. The highest BCUT2D eigenvalue weighted by molar-refractivity contribution is 9.10. The van der Waals surface area contributed by atoms with E-state index in [9.17, 15) is 17.1 Å². The van der Waals surface area contributed by atoms with Gasteiger partial charge in [-0.25, -0.2) is 0 Å². The fourth-order valence-electron chi connectivity index (χ4n) is 1.15. The molecule has 0 heterocycles. The van der Waals surface area contributed by atoms with Crippen molar-refractivity contribution in [3.8, 4) is 0 Å². The molecule has 0 bridgehead atoms. The van der Waals surface area contributed by atoms with Crippen LogP contribution in [0.15, 0.2) is 27.6 Å². The summed E-state index contributed by atoms with van der Waals surface area (Å²) in [4.78, 5) is 10.5. The van der Waals surface area contributed by atoms with Crippen LogP contribution >= 0.6 is 15.9 Å². The SMILES string of the molecule is COC(=O)Cc1cc(Br)ccc1S(=O)(=O)F. The van der Waals surface area contributed by atoms with E-state index in [-0.39, 0.29) is 12.0 Å². The summed E-state index contributed by atoms with van der Waals surface area (Å²) >= 11 is 3.11. The average molecular weight is 311 g/mol. The van der Waals surface area contributed by atoms with E-state index in [1.165, 1.54) is 19.2 Å². The van der Waals surface area contributed by atoms with Crippen molar-refractivity contribution >= 4 is 32.1 Å². The third-order valence-corrected chi connectivity index (χ3v) is 3.26. The van der Waals surface area contributed by atoms with Gasteiger partial charge in [-0.05, 0) is 23.8 Å². The summed E-state index contributed by atoms with van der Waals surface area (Å²) in [6.45, 7) is 0. The number of methoxy groups -OCH3 is 1. The van der Waals surface area contributed by atoms with E-state index in [1.54, 1.807) is 0 Å².